The molecule has 0 spiro atoms. The highest BCUT2D eigenvalue weighted by Gasteiger charge is 2.13. The Hall–Kier alpha value is -0.340. The van der Waals surface area contributed by atoms with Gasteiger partial charge in [0.2, 0.25) is 0 Å². The number of hydrogen-bond acceptors (Lipinski definition) is 2. The summed E-state index contributed by atoms with van der Waals surface area (Å²) in [5.74, 6) is 0. The highest BCUT2D eigenvalue weighted by molar-refractivity contribution is 7.10. The molecule has 0 fully saturated rings. The lowest BCUT2D eigenvalue weighted by Gasteiger charge is -2.21. The second-order valence-corrected chi connectivity index (χ2v) is 6.22. The molecule has 0 aliphatic rings. The molecule has 0 saturated carbocycles. The standard InChI is InChI=1S/C13H23NS/c1-5-11(12-7-6-10-15-12)14-9-8-13(2,3)4/h6-7,10-11,14H,5,8-9H2,1-4H3. The van der Waals surface area contributed by atoms with Gasteiger partial charge in [0.15, 0.2) is 0 Å². The summed E-state index contributed by atoms with van der Waals surface area (Å²) in [4.78, 5) is 1.46. The maximum atomic E-state index is 3.64. The van der Waals surface area contributed by atoms with E-state index in [0.717, 1.165) is 6.54 Å². The average molecular weight is 225 g/mol. The van der Waals surface area contributed by atoms with Crippen LogP contribution in [0.5, 0.6) is 0 Å². The van der Waals surface area contributed by atoms with E-state index in [0.29, 0.717) is 11.5 Å². The van der Waals surface area contributed by atoms with E-state index in [1.54, 1.807) is 0 Å². The molecule has 0 amide bonds. The molecule has 0 aliphatic carbocycles. The molecule has 0 aliphatic heterocycles. The Kier molecular flexibility index (Phi) is 4.81. The zero-order valence-electron chi connectivity index (χ0n) is 10.3. The van der Waals surface area contributed by atoms with Crippen molar-refractivity contribution >= 4 is 11.3 Å². The molecule has 1 nitrogen and oxygen atoms in total. The minimum absolute atomic E-state index is 0.431. The highest BCUT2D eigenvalue weighted by atomic mass is 32.1. The Bertz CT molecular complexity index is 259. The molecule has 0 saturated heterocycles. The molecule has 1 N–H and O–H groups in total. The number of rotatable bonds is 5. The zero-order chi connectivity index (χ0) is 11.3. The molecule has 86 valence electrons. The van der Waals surface area contributed by atoms with Crippen LogP contribution in [0.2, 0.25) is 0 Å². The van der Waals surface area contributed by atoms with Gasteiger partial charge in [0.05, 0.1) is 0 Å². The smallest absolute Gasteiger partial charge is 0.0412 e. The molecule has 1 aromatic rings. The zero-order valence-corrected chi connectivity index (χ0v) is 11.2. The molecule has 1 rings (SSSR count). The molecular weight excluding hydrogens is 202 g/mol. The number of nitrogens with one attached hydrogen (secondary N) is 1. The van der Waals surface area contributed by atoms with Crippen molar-refractivity contribution in [2.24, 2.45) is 5.41 Å². The Morgan fingerprint density at radius 2 is 2.13 bits per heavy atom. The summed E-state index contributed by atoms with van der Waals surface area (Å²) >= 11 is 1.85. The van der Waals surface area contributed by atoms with Crippen LogP contribution in [0.15, 0.2) is 17.5 Å². The predicted octanol–water partition coefficient (Wildman–Crippen LogP) is 4.23. The van der Waals surface area contributed by atoms with Crippen LogP contribution in [0.3, 0.4) is 0 Å². The topological polar surface area (TPSA) is 12.0 Å². The Balaban J connectivity index is 2.36. The van der Waals surface area contributed by atoms with E-state index >= 15 is 0 Å². The molecule has 1 heterocycles. The van der Waals surface area contributed by atoms with E-state index in [1.165, 1.54) is 17.7 Å². The molecule has 0 aromatic carbocycles. The third kappa shape index (κ3) is 4.80. The molecule has 15 heavy (non-hydrogen) atoms. The van der Waals surface area contributed by atoms with Crippen LogP contribution < -0.4 is 5.32 Å². The summed E-state index contributed by atoms with van der Waals surface area (Å²) in [6.07, 6.45) is 2.40. The minimum atomic E-state index is 0.431. The molecule has 0 radical (unpaired) electrons. The summed E-state index contributed by atoms with van der Waals surface area (Å²) in [5.41, 5.74) is 0.431. The van der Waals surface area contributed by atoms with Crippen LogP contribution in [-0.2, 0) is 0 Å². The van der Waals surface area contributed by atoms with Crippen molar-refractivity contribution in [2.75, 3.05) is 6.54 Å². The van der Waals surface area contributed by atoms with Crippen molar-refractivity contribution in [1.29, 1.82) is 0 Å². The fourth-order valence-corrected chi connectivity index (χ4v) is 2.44. The molecule has 1 aromatic heterocycles. The Labute approximate surface area is 97.9 Å². The largest absolute Gasteiger partial charge is 0.309 e. The number of hydrogen-bond donors (Lipinski definition) is 1. The van der Waals surface area contributed by atoms with Crippen LogP contribution in [0.4, 0.5) is 0 Å². The Morgan fingerprint density at radius 3 is 2.60 bits per heavy atom. The third-order valence-corrected chi connectivity index (χ3v) is 3.55. The van der Waals surface area contributed by atoms with Crippen molar-refractivity contribution < 1.29 is 0 Å². The van der Waals surface area contributed by atoms with Gasteiger partial charge in [-0.3, -0.25) is 0 Å². The molecule has 2 heteroatoms. The van der Waals surface area contributed by atoms with Gasteiger partial charge in [-0.05, 0) is 36.2 Å². The third-order valence-electron chi connectivity index (χ3n) is 2.56. The van der Waals surface area contributed by atoms with Crippen molar-refractivity contribution in [2.45, 2.75) is 46.6 Å². The van der Waals surface area contributed by atoms with Crippen LogP contribution >= 0.6 is 11.3 Å². The lowest BCUT2D eigenvalue weighted by molar-refractivity contribution is 0.353. The molecular formula is C13H23NS. The summed E-state index contributed by atoms with van der Waals surface area (Å²) in [6.45, 7) is 10.2. The SMILES string of the molecule is CCC(NCCC(C)(C)C)c1cccs1. The second-order valence-electron chi connectivity index (χ2n) is 5.24. The fourth-order valence-electron chi connectivity index (χ4n) is 1.56. The summed E-state index contributed by atoms with van der Waals surface area (Å²) < 4.78 is 0. The molecule has 0 bridgehead atoms. The van der Waals surface area contributed by atoms with Crippen LogP contribution in [0.1, 0.15) is 51.5 Å². The van der Waals surface area contributed by atoms with Gasteiger partial charge >= 0.3 is 0 Å². The van der Waals surface area contributed by atoms with Gasteiger partial charge in [0, 0.05) is 10.9 Å². The fraction of sp³-hybridized carbons (Fsp3) is 0.692. The van der Waals surface area contributed by atoms with Crippen molar-refractivity contribution in [3.63, 3.8) is 0 Å². The average Bonchev–Trinajstić information content (AvgIpc) is 2.63. The van der Waals surface area contributed by atoms with Crippen molar-refractivity contribution in [3.8, 4) is 0 Å². The van der Waals surface area contributed by atoms with E-state index in [1.807, 2.05) is 11.3 Å². The maximum absolute atomic E-state index is 3.64. The summed E-state index contributed by atoms with van der Waals surface area (Å²) in [6, 6.07) is 4.91. The maximum Gasteiger partial charge on any atom is 0.0412 e. The lowest BCUT2D eigenvalue weighted by atomic mass is 9.92. The first-order valence-electron chi connectivity index (χ1n) is 5.79. The van der Waals surface area contributed by atoms with Gasteiger partial charge in [-0.25, -0.2) is 0 Å². The quantitative estimate of drug-likeness (QED) is 0.791. The van der Waals surface area contributed by atoms with E-state index in [4.69, 9.17) is 0 Å². The summed E-state index contributed by atoms with van der Waals surface area (Å²) in [5, 5.41) is 5.79. The molecule has 1 unspecified atom stereocenters. The monoisotopic (exact) mass is 225 g/mol. The highest BCUT2D eigenvalue weighted by Crippen LogP contribution is 2.23. The van der Waals surface area contributed by atoms with Crippen molar-refractivity contribution in [1.82, 2.24) is 5.32 Å². The van der Waals surface area contributed by atoms with Crippen LogP contribution in [0.25, 0.3) is 0 Å². The first-order chi connectivity index (χ1) is 7.03. The van der Waals surface area contributed by atoms with E-state index in [-0.39, 0.29) is 0 Å². The van der Waals surface area contributed by atoms with Gasteiger partial charge in [-0.2, -0.15) is 0 Å². The van der Waals surface area contributed by atoms with Gasteiger partial charge in [-0.15, -0.1) is 11.3 Å². The number of thiophene rings is 1. The van der Waals surface area contributed by atoms with Crippen LogP contribution in [0, 0.1) is 5.41 Å². The van der Waals surface area contributed by atoms with E-state index < -0.39 is 0 Å². The van der Waals surface area contributed by atoms with E-state index in [2.05, 4.69) is 50.5 Å². The lowest BCUT2D eigenvalue weighted by Crippen LogP contribution is -2.24. The van der Waals surface area contributed by atoms with Gasteiger partial charge < -0.3 is 5.32 Å². The molecule has 1 atom stereocenters. The predicted molar refractivity (Wildman–Crippen MR) is 69.4 cm³/mol. The normalized spacial score (nSPS) is 14.1. The first-order valence-corrected chi connectivity index (χ1v) is 6.67. The van der Waals surface area contributed by atoms with Crippen LogP contribution in [-0.4, -0.2) is 6.54 Å². The summed E-state index contributed by atoms with van der Waals surface area (Å²) in [7, 11) is 0. The second kappa shape index (κ2) is 5.66. The first kappa shape index (κ1) is 12.7. The van der Waals surface area contributed by atoms with Gasteiger partial charge in [0.1, 0.15) is 0 Å². The van der Waals surface area contributed by atoms with Gasteiger partial charge in [0.25, 0.3) is 0 Å². The minimum Gasteiger partial charge on any atom is -0.309 e. The van der Waals surface area contributed by atoms with Crippen molar-refractivity contribution in [3.05, 3.63) is 22.4 Å². The van der Waals surface area contributed by atoms with E-state index in [9.17, 15) is 0 Å². The van der Waals surface area contributed by atoms with Gasteiger partial charge in [-0.1, -0.05) is 33.8 Å². The Morgan fingerprint density at radius 1 is 1.40 bits per heavy atom.